The Morgan fingerprint density at radius 1 is 0.969 bits per heavy atom. The molecule has 0 heterocycles. The van der Waals surface area contributed by atoms with Gasteiger partial charge in [0.15, 0.2) is 17.3 Å². The van der Waals surface area contributed by atoms with Crippen molar-refractivity contribution in [2.45, 2.75) is 52.6 Å². The molecule has 166 valence electrons. The number of hydrogen-bond donors (Lipinski definition) is 1. The Labute approximate surface area is 185 Å². The van der Waals surface area contributed by atoms with Gasteiger partial charge in [-0.1, -0.05) is 31.2 Å². The molecule has 0 amide bonds. The van der Waals surface area contributed by atoms with E-state index in [0.717, 1.165) is 0 Å². The number of phenolic OH excluding ortho intramolecular Hbond substituents is 1. The SMILES string of the molecule is CCC(=O)CC(=O)c1c(CC(=O)OC(C)(C)C)cc2c(c1O)C(=O)c1ccccc1C2=O. The van der Waals surface area contributed by atoms with E-state index in [4.69, 9.17) is 4.74 Å². The van der Waals surface area contributed by atoms with Gasteiger partial charge in [-0.25, -0.2) is 0 Å². The summed E-state index contributed by atoms with van der Waals surface area (Å²) in [6, 6.07) is 7.45. The Kier molecular flexibility index (Phi) is 6.12. The molecule has 0 aromatic heterocycles. The van der Waals surface area contributed by atoms with Gasteiger partial charge in [-0.05, 0) is 32.4 Å². The molecule has 32 heavy (non-hydrogen) atoms. The number of rotatable bonds is 6. The van der Waals surface area contributed by atoms with E-state index < -0.39 is 47.5 Å². The maximum absolute atomic E-state index is 13.1. The van der Waals surface area contributed by atoms with Gasteiger partial charge in [0.2, 0.25) is 0 Å². The van der Waals surface area contributed by atoms with Crippen LogP contribution in [-0.4, -0.2) is 39.8 Å². The number of Topliss-reactive ketones (excluding diaryl/α,β-unsaturated/α-hetero) is 2. The van der Waals surface area contributed by atoms with E-state index in [1.54, 1.807) is 39.8 Å². The summed E-state index contributed by atoms with van der Waals surface area (Å²) in [4.78, 5) is 63.4. The minimum absolute atomic E-state index is 0.0323. The molecule has 0 atom stereocenters. The van der Waals surface area contributed by atoms with E-state index in [1.165, 1.54) is 18.2 Å². The lowest BCUT2D eigenvalue weighted by Gasteiger charge is -2.23. The van der Waals surface area contributed by atoms with Gasteiger partial charge in [0.05, 0.1) is 24.0 Å². The smallest absolute Gasteiger partial charge is 0.310 e. The fourth-order valence-electron chi connectivity index (χ4n) is 3.67. The summed E-state index contributed by atoms with van der Waals surface area (Å²) in [7, 11) is 0. The highest BCUT2D eigenvalue weighted by Gasteiger charge is 2.36. The average Bonchev–Trinajstić information content (AvgIpc) is 2.70. The van der Waals surface area contributed by atoms with Crippen LogP contribution in [0.25, 0.3) is 0 Å². The number of carbonyl (C=O) groups is 5. The lowest BCUT2D eigenvalue weighted by Crippen LogP contribution is -2.27. The average molecular weight is 436 g/mol. The molecule has 0 saturated carbocycles. The first-order valence-corrected chi connectivity index (χ1v) is 10.3. The first-order valence-electron chi connectivity index (χ1n) is 10.3. The van der Waals surface area contributed by atoms with Gasteiger partial charge in [0.1, 0.15) is 17.1 Å². The number of esters is 1. The van der Waals surface area contributed by atoms with Gasteiger partial charge in [0, 0.05) is 23.1 Å². The Morgan fingerprint density at radius 3 is 2.12 bits per heavy atom. The van der Waals surface area contributed by atoms with Crippen molar-refractivity contribution >= 4 is 29.1 Å². The number of phenols is 1. The number of fused-ring (bicyclic) bond motifs is 2. The molecule has 0 bridgehead atoms. The maximum Gasteiger partial charge on any atom is 0.310 e. The largest absolute Gasteiger partial charge is 0.506 e. The van der Waals surface area contributed by atoms with Gasteiger partial charge in [0.25, 0.3) is 0 Å². The summed E-state index contributed by atoms with van der Waals surface area (Å²) in [6.45, 7) is 6.64. The Balaban J connectivity index is 2.19. The molecule has 0 saturated heterocycles. The van der Waals surface area contributed by atoms with Crippen LogP contribution < -0.4 is 0 Å². The summed E-state index contributed by atoms with van der Waals surface area (Å²) in [5.74, 6) is -3.56. The molecule has 7 nitrogen and oxygen atoms in total. The highest BCUT2D eigenvalue weighted by Crippen LogP contribution is 2.38. The minimum Gasteiger partial charge on any atom is -0.506 e. The molecule has 0 spiro atoms. The van der Waals surface area contributed by atoms with E-state index in [9.17, 15) is 29.1 Å². The molecule has 1 aliphatic rings. The number of benzene rings is 2. The Hall–Kier alpha value is -3.61. The fourth-order valence-corrected chi connectivity index (χ4v) is 3.67. The third-order valence-electron chi connectivity index (χ3n) is 5.06. The topological polar surface area (TPSA) is 115 Å². The number of ether oxygens (including phenoxy) is 1. The van der Waals surface area contributed by atoms with E-state index in [-0.39, 0.29) is 45.6 Å². The van der Waals surface area contributed by atoms with Crippen molar-refractivity contribution < 1.29 is 33.8 Å². The molecule has 2 aromatic carbocycles. The second kappa shape index (κ2) is 8.49. The van der Waals surface area contributed by atoms with Crippen molar-refractivity contribution in [3.63, 3.8) is 0 Å². The second-order valence-corrected chi connectivity index (χ2v) is 8.64. The zero-order chi connectivity index (χ0) is 23.8. The number of aromatic hydroxyl groups is 1. The van der Waals surface area contributed by atoms with Crippen LogP contribution in [-0.2, 0) is 20.7 Å². The summed E-state index contributed by atoms with van der Waals surface area (Å²) >= 11 is 0. The molecule has 0 unspecified atom stereocenters. The molecule has 0 aliphatic heterocycles. The second-order valence-electron chi connectivity index (χ2n) is 8.64. The molecule has 2 aromatic rings. The zero-order valence-electron chi connectivity index (χ0n) is 18.4. The van der Waals surface area contributed by atoms with Gasteiger partial charge in [-0.3, -0.25) is 24.0 Å². The normalized spacial score (nSPS) is 12.8. The maximum atomic E-state index is 13.1. The van der Waals surface area contributed by atoms with Gasteiger partial charge >= 0.3 is 5.97 Å². The van der Waals surface area contributed by atoms with E-state index in [2.05, 4.69) is 0 Å². The molecule has 1 aliphatic carbocycles. The first kappa shape index (κ1) is 23.1. The zero-order valence-corrected chi connectivity index (χ0v) is 18.4. The van der Waals surface area contributed by atoms with Crippen molar-refractivity contribution in [1.29, 1.82) is 0 Å². The summed E-state index contributed by atoms with van der Waals surface area (Å²) < 4.78 is 5.32. The lowest BCUT2D eigenvalue weighted by molar-refractivity contribution is -0.153. The lowest BCUT2D eigenvalue weighted by atomic mass is 9.80. The van der Waals surface area contributed by atoms with Crippen LogP contribution in [0.3, 0.4) is 0 Å². The first-order chi connectivity index (χ1) is 14.9. The van der Waals surface area contributed by atoms with Crippen LogP contribution in [0, 0.1) is 0 Å². The van der Waals surface area contributed by atoms with Crippen LogP contribution in [0.5, 0.6) is 5.75 Å². The summed E-state index contributed by atoms with van der Waals surface area (Å²) in [5, 5.41) is 11.0. The number of hydrogen-bond acceptors (Lipinski definition) is 7. The van der Waals surface area contributed by atoms with Crippen molar-refractivity contribution in [2.24, 2.45) is 0 Å². The Bertz CT molecular complexity index is 1170. The molecule has 0 fully saturated rings. The molecule has 0 radical (unpaired) electrons. The minimum atomic E-state index is -0.791. The van der Waals surface area contributed by atoms with E-state index >= 15 is 0 Å². The van der Waals surface area contributed by atoms with Crippen LogP contribution in [0.15, 0.2) is 30.3 Å². The van der Waals surface area contributed by atoms with Crippen LogP contribution >= 0.6 is 0 Å². The van der Waals surface area contributed by atoms with Gasteiger partial charge < -0.3 is 9.84 Å². The highest BCUT2D eigenvalue weighted by atomic mass is 16.6. The van der Waals surface area contributed by atoms with Crippen LogP contribution in [0.2, 0.25) is 0 Å². The third-order valence-corrected chi connectivity index (χ3v) is 5.06. The molecular formula is C25H24O7. The van der Waals surface area contributed by atoms with Crippen molar-refractivity contribution in [3.8, 4) is 5.75 Å². The monoisotopic (exact) mass is 436 g/mol. The van der Waals surface area contributed by atoms with Crippen LogP contribution in [0.1, 0.15) is 88.3 Å². The fraction of sp³-hybridized carbons (Fsp3) is 0.320. The predicted molar refractivity (Wildman–Crippen MR) is 115 cm³/mol. The van der Waals surface area contributed by atoms with E-state index in [0.29, 0.717) is 0 Å². The summed E-state index contributed by atoms with van der Waals surface area (Å²) in [6.07, 6.45) is -0.796. The van der Waals surface area contributed by atoms with E-state index in [1.807, 2.05) is 0 Å². The summed E-state index contributed by atoms with van der Waals surface area (Å²) in [5.41, 5.74) is -1.17. The molecular weight excluding hydrogens is 412 g/mol. The molecule has 7 heteroatoms. The molecule has 1 N–H and O–H groups in total. The predicted octanol–water partition coefficient (Wildman–Crippen LogP) is 3.60. The van der Waals surface area contributed by atoms with Crippen LogP contribution in [0.4, 0.5) is 0 Å². The number of ketones is 4. The molecule has 3 rings (SSSR count). The van der Waals surface area contributed by atoms with Gasteiger partial charge in [-0.15, -0.1) is 0 Å². The third kappa shape index (κ3) is 4.37. The van der Waals surface area contributed by atoms with Crippen molar-refractivity contribution in [3.05, 3.63) is 63.7 Å². The van der Waals surface area contributed by atoms with Crippen molar-refractivity contribution in [1.82, 2.24) is 0 Å². The quantitative estimate of drug-likeness (QED) is 0.357. The highest BCUT2D eigenvalue weighted by molar-refractivity contribution is 6.30. The van der Waals surface area contributed by atoms with Crippen molar-refractivity contribution in [2.75, 3.05) is 0 Å². The Morgan fingerprint density at radius 2 is 1.56 bits per heavy atom. The standard InChI is InChI=1S/C25H24O7/c1-5-14(26)12-18(27)20-13(11-19(28)32-25(2,3)4)10-17-21(24(20)31)23(30)16-9-7-6-8-15(16)22(17)29/h6-10,31H,5,11-12H2,1-4H3. The number of carbonyl (C=O) groups excluding carboxylic acids is 5. The van der Waals surface area contributed by atoms with Gasteiger partial charge in [-0.2, -0.15) is 0 Å².